The van der Waals surface area contributed by atoms with Crippen molar-refractivity contribution in [3.05, 3.63) is 22.2 Å². The molecule has 0 radical (unpaired) electrons. The van der Waals surface area contributed by atoms with E-state index in [4.69, 9.17) is 15.2 Å². The summed E-state index contributed by atoms with van der Waals surface area (Å²) >= 11 is 0. The number of carbonyl (C=O) groups excluding carboxylic acids is 2. The van der Waals surface area contributed by atoms with E-state index in [1.165, 1.54) is 27.0 Å². The summed E-state index contributed by atoms with van der Waals surface area (Å²) in [7, 11) is 0. The molecule has 2 aromatic heterocycles. The van der Waals surface area contributed by atoms with Crippen molar-refractivity contribution < 1.29 is 19.1 Å². The van der Waals surface area contributed by atoms with Gasteiger partial charge in [0.25, 0.3) is 5.56 Å². The van der Waals surface area contributed by atoms with Gasteiger partial charge in [-0.15, -0.1) is 0 Å². The van der Waals surface area contributed by atoms with Crippen LogP contribution in [0.4, 0.5) is 5.95 Å². The van der Waals surface area contributed by atoms with E-state index in [9.17, 15) is 14.4 Å². The van der Waals surface area contributed by atoms with E-state index < -0.39 is 29.7 Å². The van der Waals surface area contributed by atoms with E-state index in [0.29, 0.717) is 0 Å². The summed E-state index contributed by atoms with van der Waals surface area (Å²) in [6.45, 7) is 3.97. The molecule has 2 atom stereocenters. The molecule has 2 heterocycles. The molecule has 10 heteroatoms. The van der Waals surface area contributed by atoms with Gasteiger partial charge in [0.2, 0.25) is 5.95 Å². The van der Waals surface area contributed by atoms with Gasteiger partial charge in [-0.3, -0.25) is 19.4 Å². The van der Waals surface area contributed by atoms with Gasteiger partial charge in [0.1, 0.15) is 11.8 Å². The number of anilines is 1. The maximum atomic E-state index is 11.9. The summed E-state index contributed by atoms with van der Waals surface area (Å²) in [5.74, 6) is -1.23. The number of hydrogen-bond acceptors (Lipinski definition) is 9. The highest BCUT2D eigenvalue weighted by Crippen LogP contribution is 2.22. The molecule has 0 aliphatic rings. The number of nitrogen functional groups attached to an aromatic ring is 1. The smallest absolute Gasteiger partial charge is 0.303 e. The first-order valence-corrected chi connectivity index (χ1v) is 6.64. The molecule has 2 rings (SSSR count). The largest absolute Gasteiger partial charge is 0.458 e. The first-order chi connectivity index (χ1) is 10.8. The fourth-order valence-corrected chi connectivity index (χ4v) is 1.98. The van der Waals surface area contributed by atoms with Crippen LogP contribution < -0.4 is 11.3 Å². The molecule has 122 valence electrons. The van der Waals surface area contributed by atoms with Gasteiger partial charge in [0, 0.05) is 13.8 Å². The van der Waals surface area contributed by atoms with E-state index in [1.54, 1.807) is 0 Å². The minimum atomic E-state index is -1.01. The molecule has 2 unspecified atom stereocenters. The maximum absolute atomic E-state index is 11.9. The van der Waals surface area contributed by atoms with E-state index >= 15 is 0 Å². The zero-order valence-corrected chi connectivity index (χ0v) is 12.7. The van der Waals surface area contributed by atoms with Crippen LogP contribution in [0.5, 0.6) is 0 Å². The van der Waals surface area contributed by atoms with Crippen molar-refractivity contribution in [3.8, 4) is 0 Å². The maximum Gasteiger partial charge on any atom is 0.303 e. The normalized spacial score (nSPS) is 13.3. The van der Waals surface area contributed by atoms with Crippen molar-refractivity contribution in [3.63, 3.8) is 0 Å². The lowest BCUT2D eigenvalue weighted by molar-refractivity contribution is -0.164. The molecule has 2 aromatic rings. The molecule has 0 aliphatic heterocycles. The molecule has 0 aliphatic carbocycles. The quantitative estimate of drug-likeness (QED) is 0.732. The Hall–Kier alpha value is -3.04. The first kappa shape index (κ1) is 16.3. The van der Waals surface area contributed by atoms with E-state index in [1.807, 2.05) is 0 Å². The Kier molecular flexibility index (Phi) is 4.53. The highest BCUT2D eigenvalue weighted by molar-refractivity contribution is 5.70. The predicted octanol–water partition coefficient (Wildman–Crippen LogP) is -0.149. The van der Waals surface area contributed by atoms with Crippen LogP contribution in [-0.2, 0) is 19.1 Å². The lowest BCUT2D eigenvalue weighted by Gasteiger charge is -2.22. The highest BCUT2D eigenvalue weighted by atomic mass is 16.6. The van der Waals surface area contributed by atoms with Crippen LogP contribution in [0.3, 0.4) is 0 Å². The van der Waals surface area contributed by atoms with Crippen LogP contribution in [0.1, 0.15) is 32.6 Å². The highest BCUT2D eigenvalue weighted by Gasteiger charge is 2.27. The van der Waals surface area contributed by atoms with Crippen molar-refractivity contribution in [1.29, 1.82) is 0 Å². The number of carbonyl (C=O) groups is 2. The van der Waals surface area contributed by atoms with Crippen LogP contribution in [0, 0.1) is 0 Å². The third-order valence-electron chi connectivity index (χ3n) is 2.82. The summed E-state index contributed by atoms with van der Waals surface area (Å²) in [6, 6.07) is 0. The Morgan fingerprint density at radius 1 is 1.22 bits per heavy atom. The van der Waals surface area contributed by atoms with Gasteiger partial charge in [0.05, 0.1) is 6.20 Å². The molecule has 23 heavy (non-hydrogen) atoms. The first-order valence-electron chi connectivity index (χ1n) is 6.64. The number of H-pyrrole nitrogens is 1. The molecule has 0 saturated heterocycles. The summed E-state index contributed by atoms with van der Waals surface area (Å²) in [5, 5.41) is 0. The Morgan fingerprint density at radius 3 is 2.48 bits per heavy atom. The van der Waals surface area contributed by atoms with Crippen LogP contribution in [-0.4, -0.2) is 38.0 Å². The van der Waals surface area contributed by atoms with E-state index in [2.05, 4.69) is 19.9 Å². The number of rotatable bonds is 4. The lowest BCUT2D eigenvalue weighted by atomic mass is 10.1. The van der Waals surface area contributed by atoms with E-state index in [0.717, 1.165) is 0 Å². The molecule has 0 bridgehead atoms. The monoisotopic (exact) mass is 321 g/mol. The van der Waals surface area contributed by atoms with Crippen molar-refractivity contribution in [2.24, 2.45) is 0 Å². The lowest BCUT2D eigenvalue weighted by Crippen LogP contribution is -2.27. The average molecular weight is 321 g/mol. The fourth-order valence-electron chi connectivity index (χ4n) is 1.98. The number of nitrogens with zero attached hydrogens (tertiary/aromatic N) is 3. The van der Waals surface area contributed by atoms with Gasteiger partial charge >= 0.3 is 11.9 Å². The molecule has 0 saturated carbocycles. The minimum Gasteiger partial charge on any atom is -0.458 e. The summed E-state index contributed by atoms with van der Waals surface area (Å²) in [6.07, 6.45) is -0.545. The zero-order valence-electron chi connectivity index (χ0n) is 12.7. The number of aromatic amines is 1. The van der Waals surface area contributed by atoms with Crippen molar-refractivity contribution in [2.75, 3.05) is 5.73 Å². The van der Waals surface area contributed by atoms with Gasteiger partial charge in [-0.05, 0) is 6.92 Å². The summed E-state index contributed by atoms with van der Waals surface area (Å²) < 4.78 is 10.2. The standard InChI is InChI=1S/C13H15N5O5/c1-5(22-6(2)19)10(23-7(3)20)8-4-15-11-9(16-8)12(21)18-13(14)17-11/h4-5,10H,1-3H3,(H3,14,15,17,18,21). The Labute approximate surface area is 130 Å². The number of aromatic nitrogens is 4. The average Bonchev–Trinajstić information content (AvgIpc) is 2.43. The molecule has 0 aromatic carbocycles. The second-order valence-electron chi connectivity index (χ2n) is 4.76. The van der Waals surface area contributed by atoms with Crippen LogP contribution >= 0.6 is 0 Å². The predicted molar refractivity (Wildman–Crippen MR) is 78.1 cm³/mol. The van der Waals surface area contributed by atoms with Gasteiger partial charge in [-0.25, -0.2) is 9.97 Å². The number of hydrogen-bond donors (Lipinski definition) is 2. The molecule has 3 N–H and O–H groups in total. The topological polar surface area (TPSA) is 150 Å². The number of nitrogens with one attached hydrogen (secondary N) is 1. The number of esters is 2. The Bertz CT molecular complexity index is 818. The van der Waals surface area contributed by atoms with Crippen molar-refractivity contribution in [2.45, 2.75) is 33.0 Å². The fraction of sp³-hybridized carbons (Fsp3) is 0.385. The zero-order chi connectivity index (χ0) is 17.1. The molecular weight excluding hydrogens is 306 g/mol. The summed E-state index contributed by atoms with van der Waals surface area (Å²) in [4.78, 5) is 48.5. The Balaban J connectivity index is 2.49. The molecule has 0 fully saturated rings. The number of fused-ring (bicyclic) bond motifs is 1. The van der Waals surface area contributed by atoms with Gasteiger partial charge in [0.15, 0.2) is 17.3 Å². The molecular formula is C13H15N5O5. The van der Waals surface area contributed by atoms with Crippen LogP contribution in [0.25, 0.3) is 11.2 Å². The van der Waals surface area contributed by atoms with Gasteiger partial charge in [-0.1, -0.05) is 0 Å². The minimum absolute atomic E-state index is 0.0525. The Morgan fingerprint density at radius 2 is 1.87 bits per heavy atom. The summed E-state index contributed by atoms with van der Waals surface area (Å²) in [5.41, 5.74) is 4.99. The van der Waals surface area contributed by atoms with Crippen molar-refractivity contribution >= 4 is 29.1 Å². The molecule has 10 nitrogen and oxygen atoms in total. The molecule has 0 amide bonds. The van der Waals surface area contributed by atoms with Gasteiger partial charge in [-0.2, -0.15) is 4.98 Å². The molecule has 0 spiro atoms. The SMILES string of the molecule is CC(=O)OC(C)C(OC(C)=O)c1cnc2nc(N)[nH]c(=O)c2n1. The van der Waals surface area contributed by atoms with Crippen LogP contribution in [0.2, 0.25) is 0 Å². The third kappa shape index (κ3) is 3.78. The van der Waals surface area contributed by atoms with Gasteiger partial charge < -0.3 is 15.2 Å². The van der Waals surface area contributed by atoms with Crippen molar-refractivity contribution in [1.82, 2.24) is 19.9 Å². The van der Waals surface area contributed by atoms with Crippen LogP contribution in [0.15, 0.2) is 11.0 Å². The number of ether oxygens (including phenoxy) is 2. The second kappa shape index (κ2) is 6.38. The third-order valence-corrected chi connectivity index (χ3v) is 2.82. The second-order valence-corrected chi connectivity index (χ2v) is 4.76. The van der Waals surface area contributed by atoms with E-state index in [-0.39, 0.29) is 22.8 Å². The number of nitrogens with two attached hydrogens (primary N) is 1.